The maximum atomic E-state index is 4.37. The van der Waals surface area contributed by atoms with Crippen LogP contribution in [0.15, 0.2) is 30.5 Å². The highest BCUT2D eigenvalue weighted by atomic mass is 15.3. The van der Waals surface area contributed by atoms with Crippen molar-refractivity contribution in [2.24, 2.45) is 0 Å². The first-order valence-electron chi connectivity index (χ1n) is 5.47. The Labute approximate surface area is 95.0 Å². The van der Waals surface area contributed by atoms with Crippen LogP contribution in [0.1, 0.15) is 18.9 Å². The molecule has 1 N–H and O–H groups in total. The number of nitrogens with one attached hydrogen (secondary N) is 1. The second-order valence-corrected chi connectivity index (χ2v) is 3.73. The van der Waals surface area contributed by atoms with Gasteiger partial charge in [-0.05, 0) is 31.9 Å². The molecule has 0 fully saturated rings. The van der Waals surface area contributed by atoms with Crippen molar-refractivity contribution in [2.75, 3.05) is 11.9 Å². The van der Waals surface area contributed by atoms with Gasteiger partial charge in [-0.25, -0.2) is 4.52 Å². The number of rotatable bonds is 4. The molecule has 0 bridgehead atoms. The van der Waals surface area contributed by atoms with Crippen LogP contribution in [0.4, 0.5) is 5.95 Å². The topological polar surface area (TPSA) is 42.2 Å². The molecule has 4 heteroatoms. The van der Waals surface area contributed by atoms with Gasteiger partial charge >= 0.3 is 0 Å². The molecule has 16 heavy (non-hydrogen) atoms. The van der Waals surface area contributed by atoms with E-state index in [0.29, 0.717) is 5.95 Å². The number of allylic oxidation sites excluding steroid dienone is 1. The van der Waals surface area contributed by atoms with E-state index < -0.39 is 0 Å². The van der Waals surface area contributed by atoms with Gasteiger partial charge in [0, 0.05) is 12.7 Å². The van der Waals surface area contributed by atoms with Crippen molar-refractivity contribution < 1.29 is 0 Å². The quantitative estimate of drug-likeness (QED) is 0.630. The van der Waals surface area contributed by atoms with E-state index >= 15 is 0 Å². The van der Waals surface area contributed by atoms with Gasteiger partial charge in [-0.15, -0.1) is 5.10 Å². The standard InChI is InChI=1S/C12H16N4/c1-3-4-5-8-13-12-14-11-7-6-10(2)9-16(11)15-12/h3-4,6-7,9H,5,8H2,1-2H3,(H,13,15)/b4-3+. The van der Waals surface area contributed by atoms with Crippen molar-refractivity contribution in [1.82, 2.24) is 14.6 Å². The number of fused-ring (bicyclic) bond motifs is 1. The molecule has 0 radical (unpaired) electrons. The van der Waals surface area contributed by atoms with Gasteiger partial charge in [0.2, 0.25) is 5.95 Å². The fraction of sp³-hybridized carbons (Fsp3) is 0.333. The molecule has 84 valence electrons. The van der Waals surface area contributed by atoms with Crippen LogP contribution in [0.3, 0.4) is 0 Å². The molecule has 0 aliphatic heterocycles. The van der Waals surface area contributed by atoms with Gasteiger partial charge in [-0.2, -0.15) is 4.98 Å². The molecule has 2 rings (SSSR count). The van der Waals surface area contributed by atoms with Crippen LogP contribution in [0, 0.1) is 6.92 Å². The number of hydrogen-bond acceptors (Lipinski definition) is 3. The zero-order valence-corrected chi connectivity index (χ0v) is 9.64. The lowest BCUT2D eigenvalue weighted by Gasteiger charge is -1.96. The minimum absolute atomic E-state index is 0.690. The van der Waals surface area contributed by atoms with E-state index in [1.807, 2.05) is 38.3 Å². The van der Waals surface area contributed by atoms with Crippen molar-refractivity contribution in [1.29, 1.82) is 0 Å². The summed E-state index contributed by atoms with van der Waals surface area (Å²) in [5, 5.41) is 7.54. The van der Waals surface area contributed by atoms with Gasteiger partial charge in [0.1, 0.15) is 0 Å². The van der Waals surface area contributed by atoms with Crippen molar-refractivity contribution >= 4 is 11.6 Å². The SMILES string of the molecule is C/C=C/CCNc1nc2ccc(C)cn2n1. The molecule has 2 heterocycles. The van der Waals surface area contributed by atoms with E-state index in [2.05, 4.69) is 21.5 Å². The highest BCUT2D eigenvalue weighted by Crippen LogP contribution is 2.06. The first kappa shape index (κ1) is 10.7. The summed E-state index contributed by atoms with van der Waals surface area (Å²) in [6, 6.07) is 4.01. The first-order valence-corrected chi connectivity index (χ1v) is 5.47. The lowest BCUT2D eigenvalue weighted by Crippen LogP contribution is -2.01. The number of anilines is 1. The Kier molecular flexibility index (Phi) is 3.19. The second-order valence-electron chi connectivity index (χ2n) is 3.73. The third kappa shape index (κ3) is 2.39. The molecule has 2 aromatic rings. The van der Waals surface area contributed by atoms with Crippen molar-refractivity contribution in [3.05, 3.63) is 36.0 Å². The maximum absolute atomic E-state index is 4.37. The number of aromatic nitrogens is 3. The number of pyridine rings is 1. The molecule has 0 unspecified atom stereocenters. The molecular formula is C12H16N4. The lowest BCUT2D eigenvalue weighted by atomic mass is 10.3. The molecule has 0 spiro atoms. The Morgan fingerprint density at radius 2 is 2.31 bits per heavy atom. The fourth-order valence-corrected chi connectivity index (χ4v) is 1.49. The van der Waals surface area contributed by atoms with Gasteiger partial charge in [-0.3, -0.25) is 0 Å². The first-order chi connectivity index (χ1) is 7.79. The van der Waals surface area contributed by atoms with Crippen molar-refractivity contribution in [2.45, 2.75) is 20.3 Å². The minimum atomic E-state index is 0.690. The predicted octanol–water partition coefficient (Wildman–Crippen LogP) is 2.42. The highest BCUT2D eigenvalue weighted by Gasteiger charge is 2.01. The lowest BCUT2D eigenvalue weighted by molar-refractivity contribution is 0.938. The molecular weight excluding hydrogens is 200 g/mol. The average Bonchev–Trinajstić information content (AvgIpc) is 2.66. The molecule has 0 atom stereocenters. The smallest absolute Gasteiger partial charge is 0.243 e. The number of aryl methyl sites for hydroxylation is 1. The molecule has 0 saturated heterocycles. The summed E-state index contributed by atoms with van der Waals surface area (Å²) < 4.78 is 1.80. The molecule has 0 amide bonds. The van der Waals surface area contributed by atoms with E-state index in [1.165, 1.54) is 5.56 Å². The van der Waals surface area contributed by atoms with Gasteiger partial charge in [0.15, 0.2) is 5.65 Å². The maximum Gasteiger partial charge on any atom is 0.243 e. The van der Waals surface area contributed by atoms with Crippen LogP contribution in [0.2, 0.25) is 0 Å². The van der Waals surface area contributed by atoms with Gasteiger partial charge < -0.3 is 5.32 Å². The number of hydrogen-bond donors (Lipinski definition) is 1. The third-order valence-corrected chi connectivity index (χ3v) is 2.31. The highest BCUT2D eigenvalue weighted by molar-refractivity contribution is 5.44. The average molecular weight is 216 g/mol. The summed E-state index contributed by atoms with van der Waals surface area (Å²) in [6.45, 7) is 4.92. The monoisotopic (exact) mass is 216 g/mol. The summed E-state index contributed by atoms with van der Waals surface area (Å²) in [5.41, 5.74) is 2.05. The van der Waals surface area contributed by atoms with Gasteiger partial charge in [0.25, 0.3) is 0 Å². The van der Waals surface area contributed by atoms with E-state index in [0.717, 1.165) is 18.6 Å². The summed E-state index contributed by atoms with van der Waals surface area (Å²) in [6.07, 6.45) is 7.12. The van der Waals surface area contributed by atoms with E-state index in [9.17, 15) is 0 Å². The van der Waals surface area contributed by atoms with E-state index in [4.69, 9.17) is 0 Å². The zero-order valence-electron chi connectivity index (χ0n) is 9.64. The summed E-state index contributed by atoms with van der Waals surface area (Å²) >= 11 is 0. The van der Waals surface area contributed by atoms with Crippen molar-refractivity contribution in [3.8, 4) is 0 Å². The third-order valence-electron chi connectivity index (χ3n) is 2.31. The fourth-order valence-electron chi connectivity index (χ4n) is 1.49. The molecule has 4 nitrogen and oxygen atoms in total. The Balaban J connectivity index is 2.08. The Morgan fingerprint density at radius 3 is 3.12 bits per heavy atom. The molecule has 0 aromatic carbocycles. The van der Waals surface area contributed by atoms with Crippen molar-refractivity contribution in [3.63, 3.8) is 0 Å². The normalized spacial score (nSPS) is 11.4. The zero-order chi connectivity index (χ0) is 11.4. The van der Waals surface area contributed by atoms with Crippen LogP contribution in [-0.4, -0.2) is 21.1 Å². The second kappa shape index (κ2) is 4.79. The van der Waals surface area contributed by atoms with E-state index in [1.54, 1.807) is 4.52 Å². The largest absolute Gasteiger partial charge is 0.353 e. The summed E-state index contributed by atoms with van der Waals surface area (Å²) in [4.78, 5) is 4.37. The van der Waals surface area contributed by atoms with Gasteiger partial charge in [-0.1, -0.05) is 18.2 Å². The summed E-state index contributed by atoms with van der Waals surface area (Å²) in [7, 11) is 0. The number of nitrogens with zero attached hydrogens (tertiary/aromatic N) is 3. The van der Waals surface area contributed by atoms with Crippen LogP contribution >= 0.6 is 0 Å². The van der Waals surface area contributed by atoms with Crippen LogP contribution in [0.25, 0.3) is 5.65 Å². The molecule has 2 aromatic heterocycles. The Hall–Kier alpha value is -1.84. The van der Waals surface area contributed by atoms with Crippen LogP contribution < -0.4 is 5.32 Å². The Morgan fingerprint density at radius 1 is 1.44 bits per heavy atom. The van der Waals surface area contributed by atoms with Crippen LogP contribution in [0.5, 0.6) is 0 Å². The molecule has 0 aliphatic rings. The van der Waals surface area contributed by atoms with Gasteiger partial charge in [0.05, 0.1) is 0 Å². The predicted molar refractivity (Wildman–Crippen MR) is 65.6 cm³/mol. The van der Waals surface area contributed by atoms with E-state index in [-0.39, 0.29) is 0 Å². The summed E-state index contributed by atoms with van der Waals surface area (Å²) in [5.74, 6) is 0.690. The Bertz CT molecular complexity index is 499. The van der Waals surface area contributed by atoms with Crippen LogP contribution in [-0.2, 0) is 0 Å². The minimum Gasteiger partial charge on any atom is -0.353 e. The molecule has 0 saturated carbocycles. The molecule has 0 aliphatic carbocycles.